The van der Waals surface area contributed by atoms with E-state index in [1.54, 1.807) is 30.6 Å². The molecule has 1 atom stereocenters. The Morgan fingerprint density at radius 3 is 1.67 bits per heavy atom. The van der Waals surface area contributed by atoms with Crippen molar-refractivity contribution in [3.8, 4) is 0 Å². The molecule has 5 aromatic carbocycles. The van der Waals surface area contributed by atoms with Gasteiger partial charge in [0.25, 0.3) is 0 Å². The summed E-state index contributed by atoms with van der Waals surface area (Å²) in [6.07, 6.45) is 3.64. The highest BCUT2D eigenvalue weighted by Crippen LogP contribution is 2.52. The molecular weight excluding hydrogens is 574 g/mol. The first kappa shape index (κ1) is 28.5. The van der Waals surface area contributed by atoms with Gasteiger partial charge in [-0.1, -0.05) is 127 Å². The molecule has 1 aromatic heterocycles. The number of anilines is 1. The summed E-state index contributed by atoms with van der Waals surface area (Å²) >= 11 is 5.97. The Morgan fingerprint density at radius 1 is 0.698 bits per heavy atom. The number of sulfonamides is 1. The summed E-state index contributed by atoms with van der Waals surface area (Å²) in [6, 6.07) is 45.9. The van der Waals surface area contributed by atoms with Crippen molar-refractivity contribution < 1.29 is 8.42 Å². The third-order valence-corrected chi connectivity index (χ3v) is 9.23. The van der Waals surface area contributed by atoms with Crippen molar-refractivity contribution in [2.45, 2.75) is 17.1 Å². The smallest absolute Gasteiger partial charge is 0.236 e. The first-order valence-corrected chi connectivity index (χ1v) is 16.0. The van der Waals surface area contributed by atoms with E-state index in [1.807, 2.05) is 48.7 Å². The molecule has 1 unspecified atom stereocenters. The van der Waals surface area contributed by atoms with E-state index in [4.69, 9.17) is 16.6 Å². The summed E-state index contributed by atoms with van der Waals surface area (Å²) in [5.41, 5.74) is 5.70. The van der Waals surface area contributed by atoms with E-state index >= 15 is 0 Å². The Morgan fingerprint density at radius 2 is 1.21 bits per heavy atom. The fourth-order valence-corrected chi connectivity index (χ4v) is 7.26. The van der Waals surface area contributed by atoms with Crippen molar-refractivity contribution in [1.29, 1.82) is 0 Å². The minimum absolute atomic E-state index is 0.152. The molecule has 0 aliphatic rings. The Kier molecular flexibility index (Phi) is 8.14. The third kappa shape index (κ3) is 5.98. The number of nitrogens with zero attached hydrogens (tertiary/aromatic N) is 1. The van der Waals surface area contributed by atoms with Crippen molar-refractivity contribution in [1.82, 2.24) is 9.97 Å². The Hall–Kier alpha value is -4.65. The van der Waals surface area contributed by atoms with Crippen LogP contribution in [-0.2, 0) is 21.2 Å². The Labute approximate surface area is 257 Å². The average Bonchev–Trinajstić information content (AvgIpc) is 3.57. The highest BCUT2D eigenvalue weighted by Gasteiger charge is 2.46. The maximum atomic E-state index is 13.0. The zero-order valence-electron chi connectivity index (χ0n) is 23.3. The summed E-state index contributed by atoms with van der Waals surface area (Å²) < 4.78 is 28.8. The maximum absolute atomic E-state index is 13.0. The first-order chi connectivity index (χ1) is 21.0. The quantitative estimate of drug-likeness (QED) is 0.155. The van der Waals surface area contributed by atoms with Gasteiger partial charge in [-0.05, 0) is 52.1 Å². The van der Waals surface area contributed by atoms with Crippen LogP contribution in [0.1, 0.15) is 39.4 Å². The van der Waals surface area contributed by atoms with Gasteiger partial charge in [0.1, 0.15) is 0 Å². The van der Waals surface area contributed by atoms with E-state index in [0.717, 1.165) is 27.9 Å². The van der Waals surface area contributed by atoms with Crippen LogP contribution in [0.15, 0.2) is 152 Å². The maximum Gasteiger partial charge on any atom is 0.236 e. The Balaban J connectivity index is 1.48. The molecule has 0 fully saturated rings. The Bertz CT molecular complexity index is 1770. The number of imidazole rings is 1. The van der Waals surface area contributed by atoms with Crippen LogP contribution in [-0.4, -0.2) is 18.4 Å². The number of halogens is 1. The molecule has 0 bridgehead atoms. The molecule has 43 heavy (non-hydrogen) atoms. The second-order valence-electron chi connectivity index (χ2n) is 10.4. The lowest BCUT2D eigenvalue weighted by atomic mass is 9.59. The van der Waals surface area contributed by atoms with Crippen LogP contribution in [0.2, 0.25) is 5.02 Å². The van der Waals surface area contributed by atoms with Crippen LogP contribution in [0.25, 0.3) is 0 Å². The predicted octanol–water partition coefficient (Wildman–Crippen LogP) is 8.17. The van der Waals surface area contributed by atoms with Crippen molar-refractivity contribution in [3.63, 3.8) is 0 Å². The largest absolute Gasteiger partial charge is 0.351 e. The fourth-order valence-electron chi connectivity index (χ4n) is 5.93. The van der Waals surface area contributed by atoms with Crippen LogP contribution in [0, 0.1) is 0 Å². The summed E-state index contributed by atoms with van der Waals surface area (Å²) in [5, 5.41) is 0.564. The normalized spacial score (nSPS) is 12.5. The second-order valence-corrected chi connectivity index (χ2v) is 12.6. The average molecular weight is 604 g/mol. The van der Waals surface area contributed by atoms with E-state index in [2.05, 4.69) is 82.5 Å². The van der Waals surface area contributed by atoms with Gasteiger partial charge in [0.05, 0.1) is 23.2 Å². The molecule has 0 saturated carbocycles. The topological polar surface area (TPSA) is 74.8 Å². The number of nitrogens with one attached hydrogen (secondary N) is 2. The fraction of sp³-hybridized carbons (Fsp3) is 0.0833. The van der Waals surface area contributed by atoms with Gasteiger partial charge in [-0.2, -0.15) is 0 Å². The minimum atomic E-state index is -3.64. The minimum Gasteiger partial charge on any atom is -0.351 e. The van der Waals surface area contributed by atoms with Crippen LogP contribution in [0.5, 0.6) is 0 Å². The lowest BCUT2D eigenvalue weighted by molar-refractivity contribution is 0.529. The van der Waals surface area contributed by atoms with Gasteiger partial charge in [-0.25, -0.2) is 13.4 Å². The molecule has 0 spiro atoms. The molecule has 214 valence electrons. The van der Waals surface area contributed by atoms with Crippen LogP contribution < -0.4 is 4.72 Å². The van der Waals surface area contributed by atoms with Gasteiger partial charge < -0.3 is 4.98 Å². The molecule has 7 heteroatoms. The number of aromatic nitrogens is 2. The summed E-state index contributed by atoms with van der Waals surface area (Å²) in [6.45, 7) is 0. The van der Waals surface area contributed by atoms with Gasteiger partial charge in [0.15, 0.2) is 0 Å². The van der Waals surface area contributed by atoms with E-state index in [-0.39, 0.29) is 11.7 Å². The number of aromatic amines is 1. The van der Waals surface area contributed by atoms with Crippen molar-refractivity contribution in [2.75, 3.05) is 4.72 Å². The molecule has 6 aromatic rings. The molecule has 1 heterocycles. The number of rotatable bonds is 10. The van der Waals surface area contributed by atoms with E-state index in [1.165, 1.54) is 0 Å². The van der Waals surface area contributed by atoms with Crippen LogP contribution in [0.4, 0.5) is 5.69 Å². The standard InChI is InChI=1S/C36H30ClN3O2S/c37-32-20-16-27(17-21-32)25-43(41,42)40-33-22-18-28(19-23-33)35(34-24-38-26-39-34)36(29-10-4-1-5-11-29,30-12-6-2-7-13-30)31-14-8-3-9-15-31/h1-24,26,35,40H,25H2,(H,38,39). The molecule has 0 amide bonds. The molecule has 0 aliphatic heterocycles. The number of H-pyrrole nitrogens is 1. The highest BCUT2D eigenvalue weighted by molar-refractivity contribution is 7.91. The summed E-state index contributed by atoms with van der Waals surface area (Å²) in [4.78, 5) is 7.96. The van der Waals surface area contributed by atoms with Crippen LogP contribution >= 0.6 is 11.6 Å². The van der Waals surface area contributed by atoms with Gasteiger partial charge in [0.2, 0.25) is 10.0 Å². The molecule has 0 radical (unpaired) electrons. The predicted molar refractivity (Wildman–Crippen MR) is 174 cm³/mol. The lowest BCUT2D eigenvalue weighted by Gasteiger charge is -2.42. The molecule has 6 rings (SSSR count). The van der Waals surface area contributed by atoms with Gasteiger partial charge in [0, 0.05) is 22.8 Å². The van der Waals surface area contributed by atoms with Crippen molar-refractivity contribution >= 4 is 27.3 Å². The summed E-state index contributed by atoms with van der Waals surface area (Å²) in [7, 11) is -3.64. The number of hydrogen-bond donors (Lipinski definition) is 2. The number of hydrogen-bond acceptors (Lipinski definition) is 3. The van der Waals surface area contributed by atoms with Gasteiger partial charge >= 0.3 is 0 Å². The first-order valence-electron chi connectivity index (χ1n) is 14.0. The highest BCUT2D eigenvalue weighted by atomic mass is 35.5. The van der Waals surface area contributed by atoms with Gasteiger partial charge in [-0.3, -0.25) is 4.72 Å². The molecule has 2 N–H and O–H groups in total. The molecular formula is C36H30ClN3O2S. The number of benzene rings is 5. The van der Waals surface area contributed by atoms with Crippen LogP contribution in [0.3, 0.4) is 0 Å². The van der Waals surface area contributed by atoms with Crippen molar-refractivity contribution in [2.24, 2.45) is 0 Å². The second kappa shape index (κ2) is 12.3. The zero-order chi connectivity index (χ0) is 29.7. The molecule has 5 nitrogen and oxygen atoms in total. The third-order valence-electron chi connectivity index (χ3n) is 7.72. The van der Waals surface area contributed by atoms with E-state index in [9.17, 15) is 8.42 Å². The van der Waals surface area contributed by atoms with Crippen molar-refractivity contribution in [3.05, 3.63) is 191 Å². The lowest BCUT2D eigenvalue weighted by Crippen LogP contribution is -2.37. The SMILES string of the molecule is O=S(=O)(Cc1ccc(Cl)cc1)Nc1ccc(C(c2c[nH]cn2)C(c2ccccc2)(c2ccccc2)c2ccccc2)cc1. The zero-order valence-corrected chi connectivity index (χ0v) is 24.8. The van der Waals surface area contributed by atoms with E-state index < -0.39 is 15.4 Å². The molecule has 0 aliphatic carbocycles. The van der Waals surface area contributed by atoms with E-state index in [0.29, 0.717) is 16.3 Å². The van der Waals surface area contributed by atoms with Gasteiger partial charge in [-0.15, -0.1) is 0 Å². The monoisotopic (exact) mass is 603 g/mol. The molecule has 0 saturated heterocycles. The summed E-state index contributed by atoms with van der Waals surface area (Å²) in [5.74, 6) is -0.410.